The molecule has 3 heteroatoms. The Labute approximate surface area is 89.7 Å². The number of rotatable bonds is 2. The first-order valence-electron chi connectivity index (χ1n) is 5.52. The maximum Gasteiger partial charge on any atom is 0.123 e. The molecule has 0 amide bonds. The van der Waals surface area contributed by atoms with Gasteiger partial charge in [-0.1, -0.05) is 0 Å². The van der Waals surface area contributed by atoms with Crippen LogP contribution in [0.15, 0.2) is 18.2 Å². The summed E-state index contributed by atoms with van der Waals surface area (Å²) in [7, 11) is 0. The van der Waals surface area contributed by atoms with Crippen LogP contribution in [0.25, 0.3) is 0 Å². The van der Waals surface area contributed by atoms with E-state index in [0.717, 1.165) is 43.6 Å². The summed E-state index contributed by atoms with van der Waals surface area (Å²) >= 11 is 0. The Morgan fingerprint density at radius 1 is 1.47 bits per heavy atom. The van der Waals surface area contributed by atoms with Crippen molar-refractivity contribution in [2.75, 3.05) is 18.4 Å². The maximum absolute atomic E-state index is 13.1. The number of fused-ring (bicyclic) bond motifs is 1. The van der Waals surface area contributed by atoms with Gasteiger partial charge in [0.2, 0.25) is 0 Å². The number of nitrogens with two attached hydrogens (primary N) is 1. The molecule has 0 aromatic heterocycles. The molecule has 1 aromatic carbocycles. The van der Waals surface area contributed by atoms with Gasteiger partial charge in [-0.05, 0) is 55.5 Å². The third-order valence-electron chi connectivity index (χ3n) is 3.02. The van der Waals surface area contributed by atoms with Crippen molar-refractivity contribution in [3.05, 3.63) is 29.6 Å². The second-order valence-electron chi connectivity index (χ2n) is 4.16. The third kappa shape index (κ3) is 2.48. The lowest BCUT2D eigenvalue weighted by Gasteiger charge is -2.12. The Morgan fingerprint density at radius 3 is 3.13 bits per heavy atom. The van der Waals surface area contributed by atoms with Crippen LogP contribution in [0.4, 0.5) is 10.1 Å². The first-order chi connectivity index (χ1) is 7.29. The smallest absolute Gasteiger partial charge is 0.123 e. The van der Waals surface area contributed by atoms with Crippen molar-refractivity contribution in [3.63, 3.8) is 0 Å². The molecule has 0 spiro atoms. The van der Waals surface area contributed by atoms with E-state index in [-0.39, 0.29) is 5.82 Å². The lowest BCUT2D eigenvalue weighted by atomic mass is 9.94. The Bertz CT molecular complexity index is 338. The standard InChI is InChI=1S/C12H17FN2/c13-11-1-2-12-10(8-11)7-9(3-5-14)4-6-15-12/h1-2,8-9,15H,3-7,14H2. The zero-order valence-electron chi connectivity index (χ0n) is 8.80. The van der Waals surface area contributed by atoms with Gasteiger partial charge in [-0.15, -0.1) is 0 Å². The van der Waals surface area contributed by atoms with Crippen molar-refractivity contribution in [1.82, 2.24) is 0 Å². The summed E-state index contributed by atoms with van der Waals surface area (Å²) in [5.74, 6) is 0.439. The van der Waals surface area contributed by atoms with Crippen LogP contribution in [0.3, 0.4) is 0 Å². The number of nitrogens with one attached hydrogen (secondary N) is 1. The first-order valence-corrected chi connectivity index (χ1v) is 5.52. The number of benzene rings is 1. The molecule has 0 saturated heterocycles. The van der Waals surface area contributed by atoms with Gasteiger partial charge in [0.25, 0.3) is 0 Å². The van der Waals surface area contributed by atoms with Crippen molar-refractivity contribution in [2.24, 2.45) is 11.7 Å². The monoisotopic (exact) mass is 208 g/mol. The normalized spacial score (nSPS) is 20.3. The highest BCUT2D eigenvalue weighted by atomic mass is 19.1. The summed E-state index contributed by atoms with van der Waals surface area (Å²) in [6.07, 6.45) is 3.09. The molecule has 1 aliphatic heterocycles. The minimum Gasteiger partial charge on any atom is -0.385 e. The molecule has 1 aliphatic rings. The van der Waals surface area contributed by atoms with E-state index in [0.29, 0.717) is 5.92 Å². The molecular weight excluding hydrogens is 191 g/mol. The highest BCUT2D eigenvalue weighted by Crippen LogP contribution is 2.26. The van der Waals surface area contributed by atoms with Gasteiger partial charge in [-0.2, -0.15) is 0 Å². The number of hydrogen-bond donors (Lipinski definition) is 2. The molecule has 3 N–H and O–H groups in total. The van der Waals surface area contributed by atoms with E-state index in [9.17, 15) is 4.39 Å². The Kier molecular flexibility index (Phi) is 3.21. The molecule has 2 rings (SSSR count). The van der Waals surface area contributed by atoms with Crippen molar-refractivity contribution < 1.29 is 4.39 Å². The van der Waals surface area contributed by atoms with E-state index < -0.39 is 0 Å². The van der Waals surface area contributed by atoms with Gasteiger partial charge in [-0.25, -0.2) is 4.39 Å². The molecule has 1 unspecified atom stereocenters. The van der Waals surface area contributed by atoms with Gasteiger partial charge in [0.05, 0.1) is 0 Å². The molecule has 1 heterocycles. The van der Waals surface area contributed by atoms with Gasteiger partial charge in [-0.3, -0.25) is 0 Å². The second-order valence-corrected chi connectivity index (χ2v) is 4.16. The summed E-state index contributed by atoms with van der Waals surface area (Å²) in [6, 6.07) is 4.97. The van der Waals surface area contributed by atoms with Crippen LogP contribution in [-0.4, -0.2) is 13.1 Å². The fourth-order valence-electron chi connectivity index (χ4n) is 2.21. The topological polar surface area (TPSA) is 38.0 Å². The van der Waals surface area contributed by atoms with Crippen LogP contribution in [0.5, 0.6) is 0 Å². The SMILES string of the molecule is NCCC1CCNc2ccc(F)cc2C1. The van der Waals surface area contributed by atoms with Gasteiger partial charge >= 0.3 is 0 Å². The maximum atomic E-state index is 13.1. The predicted molar refractivity (Wildman–Crippen MR) is 60.4 cm³/mol. The van der Waals surface area contributed by atoms with E-state index in [1.165, 1.54) is 6.07 Å². The van der Waals surface area contributed by atoms with Crippen molar-refractivity contribution in [2.45, 2.75) is 19.3 Å². The zero-order chi connectivity index (χ0) is 10.7. The van der Waals surface area contributed by atoms with Crippen LogP contribution in [-0.2, 0) is 6.42 Å². The predicted octanol–water partition coefficient (Wildman–Crippen LogP) is 2.15. The lowest BCUT2D eigenvalue weighted by Crippen LogP contribution is -2.12. The fourth-order valence-corrected chi connectivity index (χ4v) is 2.21. The summed E-state index contributed by atoms with van der Waals surface area (Å²) < 4.78 is 13.1. The molecule has 0 bridgehead atoms. The third-order valence-corrected chi connectivity index (χ3v) is 3.02. The lowest BCUT2D eigenvalue weighted by molar-refractivity contribution is 0.472. The fraction of sp³-hybridized carbons (Fsp3) is 0.500. The molecule has 15 heavy (non-hydrogen) atoms. The minimum absolute atomic E-state index is 0.149. The van der Waals surface area contributed by atoms with Crippen LogP contribution in [0.1, 0.15) is 18.4 Å². The molecule has 0 fully saturated rings. The summed E-state index contributed by atoms with van der Waals surface area (Å²) in [4.78, 5) is 0. The zero-order valence-corrected chi connectivity index (χ0v) is 8.80. The minimum atomic E-state index is -0.149. The summed E-state index contributed by atoms with van der Waals surface area (Å²) in [5, 5.41) is 3.33. The molecule has 0 radical (unpaired) electrons. The highest BCUT2D eigenvalue weighted by Gasteiger charge is 2.15. The molecule has 82 valence electrons. The van der Waals surface area contributed by atoms with Crippen molar-refractivity contribution in [1.29, 1.82) is 0 Å². The quantitative estimate of drug-likeness (QED) is 0.781. The van der Waals surface area contributed by atoms with Crippen LogP contribution in [0.2, 0.25) is 0 Å². The van der Waals surface area contributed by atoms with Crippen molar-refractivity contribution in [3.8, 4) is 0 Å². The van der Waals surface area contributed by atoms with Crippen LogP contribution < -0.4 is 11.1 Å². The van der Waals surface area contributed by atoms with E-state index >= 15 is 0 Å². The molecule has 0 aliphatic carbocycles. The average molecular weight is 208 g/mol. The Morgan fingerprint density at radius 2 is 2.33 bits per heavy atom. The number of anilines is 1. The number of hydrogen-bond acceptors (Lipinski definition) is 2. The van der Waals surface area contributed by atoms with E-state index in [1.807, 2.05) is 6.07 Å². The van der Waals surface area contributed by atoms with Crippen LogP contribution >= 0.6 is 0 Å². The van der Waals surface area contributed by atoms with Gasteiger partial charge in [0, 0.05) is 12.2 Å². The molecular formula is C12H17FN2. The molecule has 1 atom stereocenters. The van der Waals surface area contributed by atoms with E-state index in [2.05, 4.69) is 5.32 Å². The second kappa shape index (κ2) is 4.62. The van der Waals surface area contributed by atoms with Gasteiger partial charge in [0.1, 0.15) is 5.82 Å². The largest absolute Gasteiger partial charge is 0.385 e. The first kappa shape index (κ1) is 10.4. The number of halogens is 1. The molecule has 2 nitrogen and oxygen atoms in total. The van der Waals surface area contributed by atoms with Crippen LogP contribution in [0, 0.1) is 11.7 Å². The highest BCUT2D eigenvalue weighted by molar-refractivity contribution is 5.52. The van der Waals surface area contributed by atoms with Gasteiger partial charge in [0.15, 0.2) is 0 Å². The van der Waals surface area contributed by atoms with E-state index in [1.54, 1.807) is 6.07 Å². The van der Waals surface area contributed by atoms with Crippen molar-refractivity contribution >= 4 is 5.69 Å². The molecule has 0 saturated carbocycles. The Balaban J connectivity index is 2.19. The summed E-state index contributed by atoms with van der Waals surface area (Å²) in [5.41, 5.74) is 7.73. The summed E-state index contributed by atoms with van der Waals surface area (Å²) in [6.45, 7) is 1.68. The average Bonchev–Trinajstić information content (AvgIpc) is 2.39. The Hall–Kier alpha value is -1.09. The van der Waals surface area contributed by atoms with E-state index in [4.69, 9.17) is 5.73 Å². The van der Waals surface area contributed by atoms with Gasteiger partial charge < -0.3 is 11.1 Å². The molecule has 1 aromatic rings.